The summed E-state index contributed by atoms with van der Waals surface area (Å²) in [5.41, 5.74) is 2.07. The van der Waals surface area contributed by atoms with E-state index in [4.69, 9.17) is 18.9 Å². The number of aliphatic imine (C=N–C) groups is 1. The van der Waals surface area contributed by atoms with Gasteiger partial charge < -0.3 is 29.6 Å². The first-order chi connectivity index (χ1) is 14.5. The molecule has 0 bridgehead atoms. The third-order valence-electron chi connectivity index (χ3n) is 4.47. The summed E-state index contributed by atoms with van der Waals surface area (Å²) in [7, 11) is 4.79. The summed E-state index contributed by atoms with van der Waals surface area (Å²) in [6.07, 6.45) is -0.0175. The summed E-state index contributed by atoms with van der Waals surface area (Å²) in [5.74, 6) is 3.40. The first kappa shape index (κ1) is 26.7. The lowest BCUT2D eigenvalue weighted by atomic mass is 10.2. The van der Waals surface area contributed by atoms with E-state index in [2.05, 4.69) is 15.6 Å². The normalized spacial score (nSPS) is 11.7. The van der Waals surface area contributed by atoms with Crippen molar-refractivity contribution in [3.8, 4) is 23.0 Å². The molecular weight excluding hydrogens is 509 g/mol. The van der Waals surface area contributed by atoms with Gasteiger partial charge in [0.25, 0.3) is 0 Å². The molecule has 0 radical (unpaired) electrons. The summed E-state index contributed by atoms with van der Waals surface area (Å²) in [5, 5.41) is 6.60. The topological polar surface area (TPSA) is 73.3 Å². The van der Waals surface area contributed by atoms with E-state index in [9.17, 15) is 0 Å². The number of guanidine groups is 1. The zero-order valence-electron chi connectivity index (χ0n) is 19.2. The van der Waals surface area contributed by atoms with E-state index in [1.165, 1.54) is 0 Å². The number of nitrogens with zero attached hydrogens (tertiary/aromatic N) is 1. The minimum Gasteiger partial charge on any atom is -0.493 e. The van der Waals surface area contributed by atoms with Crippen LogP contribution >= 0.6 is 24.0 Å². The average Bonchev–Trinajstić information content (AvgIpc) is 2.76. The number of aryl methyl sites for hydroxylation is 1. The van der Waals surface area contributed by atoms with Crippen LogP contribution in [-0.4, -0.2) is 46.5 Å². The highest BCUT2D eigenvalue weighted by molar-refractivity contribution is 14.0. The fraction of sp³-hybridized carbons (Fsp3) is 0.435. The number of ether oxygens (including phenoxy) is 4. The SMILES string of the molecule is CCNC(=NCc1cc(OC)c(OC)c(OC)c1)NCC(C)Oc1ccccc1C.I. The van der Waals surface area contributed by atoms with Crippen LogP contribution in [0, 0.1) is 6.92 Å². The molecular formula is C23H34IN3O4. The van der Waals surface area contributed by atoms with Crippen molar-refractivity contribution in [2.45, 2.75) is 33.4 Å². The molecule has 8 heteroatoms. The second-order valence-electron chi connectivity index (χ2n) is 6.80. The first-order valence-corrected chi connectivity index (χ1v) is 10.1. The highest BCUT2D eigenvalue weighted by Crippen LogP contribution is 2.38. The third kappa shape index (κ3) is 8.01. The largest absolute Gasteiger partial charge is 0.493 e. The van der Waals surface area contributed by atoms with Gasteiger partial charge in [0.2, 0.25) is 5.75 Å². The Kier molecular flexibility index (Phi) is 11.9. The van der Waals surface area contributed by atoms with Crippen molar-refractivity contribution < 1.29 is 18.9 Å². The Morgan fingerprint density at radius 3 is 2.16 bits per heavy atom. The van der Waals surface area contributed by atoms with Crippen molar-refractivity contribution in [3.05, 3.63) is 47.5 Å². The number of hydrogen-bond donors (Lipinski definition) is 2. The minimum atomic E-state index is -0.0175. The highest BCUT2D eigenvalue weighted by Gasteiger charge is 2.13. The molecule has 0 heterocycles. The van der Waals surface area contributed by atoms with E-state index in [1.54, 1.807) is 21.3 Å². The van der Waals surface area contributed by atoms with Gasteiger partial charge in [0, 0.05) is 6.54 Å². The Balaban J connectivity index is 0.00000480. The average molecular weight is 543 g/mol. The summed E-state index contributed by atoms with van der Waals surface area (Å²) in [6.45, 7) is 7.94. The quantitative estimate of drug-likeness (QED) is 0.267. The molecule has 0 aliphatic heterocycles. The van der Waals surface area contributed by atoms with Crippen LogP contribution in [0.15, 0.2) is 41.4 Å². The second kappa shape index (κ2) is 13.8. The van der Waals surface area contributed by atoms with Crippen LogP contribution < -0.4 is 29.6 Å². The molecule has 31 heavy (non-hydrogen) atoms. The Hall–Kier alpha value is -2.36. The molecule has 0 saturated carbocycles. The second-order valence-corrected chi connectivity index (χ2v) is 6.80. The van der Waals surface area contributed by atoms with Crippen molar-refractivity contribution in [2.24, 2.45) is 4.99 Å². The summed E-state index contributed by atoms with van der Waals surface area (Å²) >= 11 is 0. The monoisotopic (exact) mass is 543 g/mol. The molecule has 0 aromatic heterocycles. The van der Waals surface area contributed by atoms with Gasteiger partial charge in [-0.25, -0.2) is 4.99 Å². The standard InChI is InChI=1S/C23H33N3O4.HI/c1-7-24-23(25-14-17(3)30-19-11-9-8-10-16(19)2)26-15-18-12-20(27-4)22(29-6)21(13-18)28-5;/h8-13,17H,7,14-15H2,1-6H3,(H2,24,25,26);1H. The Morgan fingerprint density at radius 1 is 0.968 bits per heavy atom. The lowest BCUT2D eigenvalue weighted by Crippen LogP contribution is -2.41. The minimum absolute atomic E-state index is 0. The molecule has 0 amide bonds. The Morgan fingerprint density at radius 2 is 1.61 bits per heavy atom. The van der Waals surface area contributed by atoms with Crippen LogP contribution in [0.5, 0.6) is 23.0 Å². The van der Waals surface area contributed by atoms with E-state index < -0.39 is 0 Å². The number of methoxy groups -OCH3 is 3. The molecule has 1 atom stereocenters. The summed E-state index contributed by atoms with van der Waals surface area (Å²) in [4.78, 5) is 4.67. The zero-order chi connectivity index (χ0) is 21.9. The van der Waals surface area contributed by atoms with Crippen molar-refractivity contribution in [1.82, 2.24) is 10.6 Å². The van der Waals surface area contributed by atoms with E-state index in [0.717, 1.165) is 23.4 Å². The van der Waals surface area contributed by atoms with Gasteiger partial charge in [-0.15, -0.1) is 24.0 Å². The predicted molar refractivity (Wildman–Crippen MR) is 136 cm³/mol. The van der Waals surface area contributed by atoms with Crippen LogP contribution in [0.4, 0.5) is 0 Å². The van der Waals surface area contributed by atoms with Crippen LogP contribution in [0.1, 0.15) is 25.0 Å². The van der Waals surface area contributed by atoms with Gasteiger partial charge in [-0.05, 0) is 50.1 Å². The van der Waals surface area contributed by atoms with Gasteiger partial charge in [-0.3, -0.25) is 0 Å². The lowest BCUT2D eigenvalue weighted by molar-refractivity contribution is 0.222. The molecule has 0 aliphatic carbocycles. The molecule has 0 fully saturated rings. The zero-order valence-corrected chi connectivity index (χ0v) is 21.5. The first-order valence-electron chi connectivity index (χ1n) is 10.1. The molecule has 0 spiro atoms. The van der Waals surface area contributed by atoms with Crippen LogP contribution in [0.2, 0.25) is 0 Å². The van der Waals surface area contributed by atoms with E-state index in [1.807, 2.05) is 57.2 Å². The van der Waals surface area contributed by atoms with Gasteiger partial charge in [0.1, 0.15) is 11.9 Å². The van der Waals surface area contributed by atoms with Gasteiger partial charge in [0.15, 0.2) is 17.5 Å². The maximum Gasteiger partial charge on any atom is 0.203 e. The van der Waals surface area contributed by atoms with E-state index in [-0.39, 0.29) is 30.1 Å². The van der Waals surface area contributed by atoms with E-state index >= 15 is 0 Å². The summed E-state index contributed by atoms with van der Waals surface area (Å²) < 4.78 is 22.2. The maximum absolute atomic E-state index is 6.03. The number of nitrogens with one attached hydrogen (secondary N) is 2. The molecule has 2 N–H and O–H groups in total. The van der Waals surface area contributed by atoms with Crippen LogP contribution in [-0.2, 0) is 6.54 Å². The Labute approximate surface area is 202 Å². The van der Waals surface area contributed by atoms with Gasteiger partial charge in [-0.2, -0.15) is 0 Å². The van der Waals surface area contributed by atoms with Crippen LogP contribution in [0.25, 0.3) is 0 Å². The number of hydrogen-bond acceptors (Lipinski definition) is 5. The van der Waals surface area contributed by atoms with Crippen molar-refractivity contribution in [3.63, 3.8) is 0 Å². The fourth-order valence-electron chi connectivity index (χ4n) is 2.93. The van der Waals surface area contributed by atoms with Crippen molar-refractivity contribution in [1.29, 1.82) is 0 Å². The van der Waals surface area contributed by atoms with Gasteiger partial charge in [-0.1, -0.05) is 18.2 Å². The number of benzene rings is 2. The van der Waals surface area contributed by atoms with Crippen molar-refractivity contribution in [2.75, 3.05) is 34.4 Å². The lowest BCUT2D eigenvalue weighted by Gasteiger charge is -2.19. The number of rotatable bonds is 10. The van der Waals surface area contributed by atoms with Gasteiger partial charge in [0.05, 0.1) is 34.4 Å². The Bertz CT molecular complexity index is 820. The number of halogens is 1. The molecule has 0 saturated heterocycles. The molecule has 7 nitrogen and oxygen atoms in total. The molecule has 0 aliphatic rings. The van der Waals surface area contributed by atoms with E-state index in [0.29, 0.717) is 36.3 Å². The molecule has 2 aromatic rings. The fourth-order valence-corrected chi connectivity index (χ4v) is 2.93. The van der Waals surface area contributed by atoms with Crippen molar-refractivity contribution >= 4 is 29.9 Å². The summed E-state index contributed by atoms with van der Waals surface area (Å²) in [6, 6.07) is 11.8. The molecule has 2 aromatic carbocycles. The molecule has 172 valence electrons. The van der Waals surface area contributed by atoms with Gasteiger partial charge >= 0.3 is 0 Å². The predicted octanol–water partition coefficient (Wildman–Crippen LogP) is 4.16. The molecule has 2 rings (SSSR count). The number of para-hydroxylation sites is 1. The molecule has 1 unspecified atom stereocenters. The maximum atomic E-state index is 6.03. The van der Waals surface area contributed by atoms with Crippen LogP contribution in [0.3, 0.4) is 0 Å². The smallest absolute Gasteiger partial charge is 0.203 e. The third-order valence-corrected chi connectivity index (χ3v) is 4.47. The highest BCUT2D eigenvalue weighted by atomic mass is 127.